The largest absolute Gasteiger partial charge is 0.468 e. The van der Waals surface area contributed by atoms with Crippen molar-refractivity contribution < 1.29 is 18.4 Å². The predicted octanol–water partition coefficient (Wildman–Crippen LogP) is 2.85. The minimum Gasteiger partial charge on any atom is -0.468 e. The molecule has 1 unspecified atom stereocenters. The molecule has 5 nitrogen and oxygen atoms in total. The van der Waals surface area contributed by atoms with Crippen molar-refractivity contribution in [3.8, 4) is 0 Å². The van der Waals surface area contributed by atoms with Crippen LogP contribution in [0.25, 0.3) is 0 Å². The molecule has 0 amide bonds. The van der Waals surface area contributed by atoms with E-state index in [4.69, 9.17) is 8.83 Å². The molecule has 2 rings (SSSR count). The van der Waals surface area contributed by atoms with Crippen molar-refractivity contribution in [2.24, 2.45) is 0 Å². The topological polar surface area (TPSA) is 55.8 Å². The Bertz CT molecular complexity index is 529. The third kappa shape index (κ3) is 3.06. The molecule has 0 aliphatic rings. The Kier molecular flexibility index (Phi) is 4.06. The minimum atomic E-state index is -0.466. The Balaban J connectivity index is 2.04. The monoisotopic (exact) mass is 263 g/mol. The summed E-state index contributed by atoms with van der Waals surface area (Å²) in [6, 6.07) is 7.22. The van der Waals surface area contributed by atoms with Gasteiger partial charge < -0.3 is 13.6 Å². The van der Waals surface area contributed by atoms with E-state index >= 15 is 0 Å². The molecule has 1 atom stereocenters. The predicted molar refractivity (Wildman–Crippen MR) is 68.6 cm³/mol. The molecule has 0 radical (unpaired) electrons. The maximum absolute atomic E-state index is 11.3. The second-order valence-corrected chi connectivity index (χ2v) is 4.36. The maximum Gasteiger partial charge on any atom is 0.373 e. The highest BCUT2D eigenvalue weighted by molar-refractivity contribution is 5.86. The van der Waals surface area contributed by atoms with Crippen LogP contribution in [0.15, 0.2) is 39.4 Å². The Labute approximate surface area is 111 Å². The van der Waals surface area contributed by atoms with E-state index in [0.29, 0.717) is 6.54 Å². The molecule has 0 aliphatic heterocycles. The molecule has 102 valence electrons. The average molecular weight is 263 g/mol. The Morgan fingerprint density at radius 1 is 1.42 bits per heavy atom. The van der Waals surface area contributed by atoms with Crippen molar-refractivity contribution in [3.63, 3.8) is 0 Å². The molecule has 0 N–H and O–H groups in total. The summed E-state index contributed by atoms with van der Waals surface area (Å²) in [6.45, 7) is 2.67. The highest BCUT2D eigenvalue weighted by Gasteiger charge is 2.19. The number of furan rings is 2. The maximum atomic E-state index is 11.3. The van der Waals surface area contributed by atoms with Gasteiger partial charge in [-0.1, -0.05) is 0 Å². The van der Waals surface area contributed by atoms with Gasteiger partial charge in [0, 0.05) is 0 Å². The molecule has 0 bridgehead atoms. The number of carbonyl (C=O) groups is 1. The van der Waals surface area contributed by atoms with Crippen LogP contribution < -0.4 is 0 Å². The van der Waals surface area contributed by atoms with Crippen LogP contribution >= 0.6 is 0 Å². The van der Waals surface area contributed by atoms with Crippen LogP contribution in [0.4, 0.5) is 0 Å². The summed E-state index contributed by atoms with van der Waals surface area (Å²) in [7, 11) is 3.30. The second kappa shape index (κ2) is 5.75. The van der Waals surface area contributed by atoms with Gasteiger partial charge in [0.1, 0.15) is 11.5 Å². The zero-order chi connectivity index (χ0) is 13.8. The summed E-state index contributed by atoms with van der Waals surface area (Å²) in [5.74, 6) is 1.35. The molecule has 2 aromatic rings. The standard InChI is InChI=1S/C14H17NO4/c1-10(15(2)9-11-5-4-8-18-11)12-6-7-13(19-12)14(16)17-3/h4-8,10H,9H2,1-3H3. The first-order valence-electron chi connectivity index (χ1n) is 6.02. The molecule has 2 heterocycles. The van der Waals surface area contributed by atoms with E-state index in [2.05, 4.69) is 9.64 Å². The van der Waals surface area contributed by atoms with Crippen LogP contribution in [-0.4, -0.2) is 25.0 Å². The van der Waals surface area contributed by atoms with Gasteiger partial charge >= 0.3 is 5.97 Å². The van der Waals surface area contributed by atoms with Gasteiger partial charge in [0.05, 0.1) is 26.0 Å². The Hall–Kier alpha value is -2.01. The van der Waals surface area contributed by atoms with E-state index in [-0.39, 0.29) is 11.8 Å². The van der Waals surface area contributed by atoms with Crippen molar-refractivity contribution in [3.05, 3.63) is 47.8 Å². The fraction of sp³-hybridized carbons (Fsp3) is 0.357. The number of hydrogen-bond acceptors (Lipinski definition) is 5. The first kappa shape index (κ1) is 13.4. The Morgan fingerprint density at radius 2 is 2.21 bits per heavy atom. The number of nitrogens with zero attached hydrogens (tertiary/aromatic N) is 1. The van der Waals surface area contributed by atoms with Crippen molar-refractivity contribution in [1.29, 1.82) is 0 Å². The number of methoxy groups -OCH3 is 1. The summed E-state index contributed by atoms with van der Waals surface area (Å²) in [5, 5.41) is 0. The molecule has 2 aromatic heterocycles. The van der Waals surface area contributed by atoms with Crippen LogP contribution in [0.2, 0.25) is 0 Å². The average Bonchev–Trinajstić information content (AvgIpc) is 3.07. The normalized spacial score (nSPS) is 12.6. The molecule has 19 heavy (non-hydrogen) atoms. The van der Waals surface area contributed by atoms with Crippen LogP contribution in [-0.2, 0) is 11.3 Å². The van der Waals surface area contributed by atoms with Gasteiger partial charge in [0.25, 0.3) is 0 Å². The number of esters is 1. The highest BCUT2D eigenvalue weighted by atomic mass is 16.5. The van der Waals surface area contributed by atoms with Crippen LogP contribution in [0, 0.1) is 0 Å². The van der Waals surface area contributed by atoms with E-state index in [9.17, 15) is 4.79 Å². The van der Waals surface area contributed by atoms with Crippen molar-refractivity contribution in [1.82, 2.24) is 4.90 Å². The number of hydrogen-bond donors (Lipinski definition) is 0. The zero-order valence-electron chi connectivity index (χ0n) is 11.3. The fourth-order valence-corrected chi connectivity index (χ4v) is 1.79. The number of rotatable bonds is 5. The van der Waals surface area contributed by atoms with Crippen LogP contribution in [0.5, 0.6) is 0 Å². The van der Waals surface area contributed by atoms with Crippen molar-refractivity contribution in [2.75, 3.05) is 14.2 Å². The van der Waals surface area contributed by atoms with Crippen LogP contribution in [0.1, 0.15) is 35.0 Å². The summed E-state index contributed by atoms with van der Waals surface area (Å²) in [4.78, 5) is 13.4. The smallest absolute Gasteiger partial charge is 0.373 e. The van der Waals surface area contributed by atoms with Gasteiger partial charge in [-0.2, -0.15) is 0 Å². The second-order valence-electron chi connectivity index (χ2n) is 4.36. The van der Waals surface area contributed by atoms with Crippen LogP contribution in [0.3, 0.4) is 0 Å². The third-order valence-corrected chi connectivity index (χ3v) is 3.07. The first-order valence-corrected chi connectivity index (χ1v) is 6.02. The van der Waals surface area contributed by atoms with Gasteiger partial charge in [-0.3, -0.25) is 4.90 Å². The lowest BCUT2D eigenvalue weighted by atomic mass is 10.2. The number of ether oxygens (including phenoxy) is 1. The lowest BCUT2D eigenvalue weighted by molar-refractivity contribution is 0.0559. The summed E-state index contributed by atoms with van der Waals surface area (Å²) < 4.78 is 15.4. The minimum absolute atomic E-state index is 0.0310. The van der Waals surface area contributed by atoms with Gasteiger partial charge in [0.2, 0.25) is 5.76 Å². The SMILES string of the molecule is COC(=O)c1ccc(C(C)N(C)Cc2ccco2)o1. The van der Waals surface area contributed by atoms with E-state index < -0.39 is 5.97 Å². The Morgan fingerprint density at radius 3 is 2.84 bits per heavy atom. The first-order chi connectivity index (χ1) is 9.11. The zero-order valence-corrected chi connectivity index (χ0v) is 11.3. The summed E-state index contributed by atoms with van der Waals surface area (Å²) in [5.41, 5.74) is 0. The molecular weight excluding hydrogens is 246 g/mol. The molecular formula is C14H17NO4. The van der Waals surface area contributed by atoms with Crippen molar-refractivity contribution in [2.45, 2.75) is 19.5 Å². The van der Waals surface area contributed by atoms with Gasteiger partial charge in [-0.25, -0.2) is 4.79 Å². The van der Waals surface area contributed by atoms with Gasteiger partial charge in [-0.15, -0.1) is 0 Å². The summed E-state index contributed by atoms with van der Waals surface area (Å²) >= 11 is 0. The molecule has 0 aliphatic carbocycles. The lowest BCUT2D eigenvalue weighted by Gasteiger charge is -2.21. The highest BCUT2D eigenvalue weighted by Crippen LogP contribution is 2.23. The number of carbonyl (C=O) groups excluding carboxylic acids is 1. The molecule has 0 saturated heterocycles. The van der Waals surface area contributed by atoms with E-state index in [1.807, 2.05) is 26.1 Å². The van der Waals surface area contributed by atoms with E-state index in [0.717, 1.165) is 11.5 Å². The van der Waals surface area contributed by atoms with E-state index in [1.54, 1.807) is 18.4 Å². The van der Waals surface area contributed by atoms with E-state index in [1.165, 1.54) is 7.11 Å². The van der Waals surface area contributed by atoms with Crippen molar-refractivity contribution >= 4 is 5.97 Å². The molecule has 5 heteroatoms. The molecule has 0 fully saturated rings. The third-order valence-electron chi connectivity index (χ3n) is 3.07. The van der Waals surface area contributed by atoms with Gasteiger partial charge in [0.15, 0.2) is 0 Å². The fourth-order valence-electron chi connectivity index (χ4n) is 1.79. The quantitative estimate of drug-likeness (QED) is 0.776. The summed E-state index contributed by atoms with van der Waals surface area (Å²) in [6.07, 6.45) is 1.65. The molecule has 0 spiro atoms. The van der Waals surface area contributed by atoms with Gasteiger partial charge in [-0.05, 0) is 38.2 Å². The molecule has 0 aromatic carbocycles. The molecule has 0 saturated carbocycles. The lowest BCUT2D eigenvalue weighted by Crippen LogP contribution is -2.21.